The molecule has 0 spiro atoms. The first-order valence-electron chi connectivity index (χ1n) is 21.4. The van der Waals surface area contributed by atoms with Gasteiger partial charge in [-0.3, -0.25) is 26.0 Å². The number of ether oxygens (including phenoxy) is 10. The van der Waals surface area contributed by atoms with Crippen LogP contribution in [-0.4, -0.2) is 275 Å². The summed E-state index contributed by atoms with van der Waals surface area (Å²) in [5, 5.41) is 105. The summed E-state index contributed by atoms with van der Waals surface area (Å²) in [6.07, 6.45) is -53.5. The summed E-state index contributed by atoms with van der Waals surface area (Å²) in [7, 11) is -22.0. The molecule has 0 aliphatic carbocycles. The van der Waals surface area contributed by atoms with Crippen molar-refractivity contribution in [2.24, 2.45) is 17.2 Å². The third-order valence-electron chi connectivity index (χ3n) is 11.7. The van der Waals surface area contributed by atoms with Crippen molar-refractivity contribution < 1.29 is 392 Å². The van der Waals surface area contributed by atoms with E-state index in [0.717, 1.165) is 7.11 Å². The molecule has 0 bridgehead atoms. The molecular weight excluding hydrogens is 1380 g/mol. The fourth-order valence-electron chi connectivity index (χ4n) is 8.09. The molecule has 5 aliphatic heterocycles. The number of aliphatic hydroxyl groups excluding tert-OH is 6. The molecule has 55 heteroatoms. The van der Waals surface area contributed by atoms with E-state index >= 15 is 0 Å². The number of methoxy groups -OCH3 is 1. The molecule has 5 saturated heterocycles. The summed E-state index contributed by atoms with van der Waals surface area (Å²) >= 11 is -0.479. The van der Waals surface area contributed by atoms with E-state index in [-0.39, 0.29) is 207 Å². The number of hydrogen-bond donors (Lipinski definition) is 9. The number of carbonyl (C=O) groups excluding carboxylic acids is 2. The van der Waals surface area contributed by atoms with Crippen molar-refractivity contribution >= 4 is 65.9 Å². The van der Waals surface area contributed by atoms with Crippen molar-refractivity contribution in [2.45, 2.75) is 153 Å². The van der Waals surface area contributed by atoms with E-state index in [4.69, 9.17) is 68.8 Å². The van der Waals surface area contributed by atoms with Crippen LogP contribution in [0.25, 0.3) is 0 Å². The second-order valence-corrected chi connectivity index (χ2v) is 21.4. The topological polar surface area (TPSA) is 688 Å². The largest absolute Gasteiger partial charge is 1.00 e. The zero-order valence-corrected chi connectivity index (χ0v) is 64.0. The number of carboxylic acid groups (broad SMARTS) is 2. The summed E-state index contributed by atoms with van der Waals surface area (Å²) in [5.74, 6) is -4.80. The van der Waals surface area contributed by atoms with Crippen LogP contribution in [0.2, 0.25) is 0 Å². The van der Waals surface area contributed by atoms with Gasteiger partial charge < -0.3 is 138 Å². The first-order valence-corrected chi connectivity index (χ1v) is 27.4. The Bertz CT molecular complexity index is 2520. The molecule has 5 heterocycles. The number of carbonyl (C=O) groups is 2. The third-order valence-corrected chi connectivity index (χ3v) is 13.8. The maximum atomic E-state index is 12.7. The Morgan fingerprint density at radius 1 is 0.453 bits per heavy atom. The summed E-state index contributed by atoms with van der Waals surface area (Å²) in [6, 6.07) is -5.89. The molecule has 0 aromatic heterocycles. The van der Waals surface area contributed by atoms with E-state index in [1.165, 1.54) is 0 Å². The van der Waals surface area contributed by atoms with Crippen LogP contribution in [0, 0.1) is 0 Å². The molecule has 0 saturated carbocycles. The number of aliphatic hydroxyl groups is 6. The normalized spacial score (nSPS) is 38.5. The van der Waals surface area contributed by atoms with Gasteiger partial charge in [-0.15, -0.1) is 4.33 Å². The molecule has 0 radical (unpaired) electrons. The Kier molecular flexibility index (Phi) is 45.8. The smallest absolute Gasteiger partial charge is 0.726 e. The van der Waals surface area contributed by atoms with Crippen molar-refractivity contribution in [3.8, 4) is 0 Å². The Labute approximate surface area is 646 Å². The summed E-state index contributed by atoms with van der Waals surface area (Å²) in [6.45, 7) is -4.30. The number of hydrogen-bond acceptors (Lipinski definition) is 44. The molecule has 25 atom stereocenters. The molecule has 0 aromatic rings. The first-order chi connectivity index (χ1) is 36.5. The number of rotatable bonds is 26. The molecule has 43 nitrogen and oxygen atoms in total. The standard InChI is InChI=1S/C31H53N3O40S5.7Na/c1-58-27-9(33)13(37)17(6(63-27)3-60-77(49,50)51)65-31-22(72-79(55,56)57)16(40)21(24(70-31)26(43)44)68-29-10(34)19(71-75-74-73-45)18(7(64-29)4-61-78(52,53)54)66-30-15(39)14(38)20(23(69-30)25(41)42)67-28-8(32)12(36)11(35)5(62-28)2-59-76(46,47)48;;;;;;;/h5-24,27-31,35-40,45H,2-4,32-34H2,1H3,(H,41,42)(H,43,44)(H,46,47,48)(H,49,50,51)(H,52,53,54)(H,55,56,57);;;;;;;/q;7*+1/p-7/t5?,6?,7?,8?,9-,10-,11+,12-,13?,14-,15?,16-,17+,18+,19?,20-,21-,22?,23?,24?,27-,28+,29+,30-,31-;;;;;;;/m1......./s1. The maximum Gasteiger partial charge on any atom is 1.00 e. The predicted molar refractivity (Wildman–Crippen MR) is 216 cm³/mol. The molecule has 5 fully saturated rings. The van der Waals surface area contributed by atoms with Gasteiger partial charge in [-0.1, -0.05) is 0 Å². The van der Waals surface area contributed by atoms with Crippen LogP contribution in [0.4, 0.5) is 0 Å². The molecular formula is C31H46N3Na7O40S5. The van der Waals surface area contributed by atoms with Gasteiger partial charge in [0, 0.05) is 7.11 Å². The van der Waals surface area contributed by atoms with Crippen LogP contribution in [0.15, 0.2) is 0 Å². The SMILES string of the molecule is CO[C@@H]1OC(COS(=O)(=O)[O-])[C@H](O[C@@H]2OC(C(=O)[O-])[C@H](O[C@@H]3OC(COS(=O)(=O)[O-])[C@H](O[C@@H]4OC(C(=O)[O-])[C@H](O[C@@H]5OC(COS(=O)(=O)[O-])[C@H](O)[C@H](O)C5N)[C@H](O)C4O)C(OSOO[O-])[C@H]3N)[C@@H](O)C2OS(=O)(=O)[O-])C(O)[C@H]1N.[Na+].[Na+].[Na+].[Na+].[Na+].[Na+].[Na+]. The number of nitrogens with two attached hydrogens (primary N) is 3. The monoisotopic (exact) mass is 1420 g/mol. The first kappa shape index (κ1) is 95.0. The molecule has 86 heavy (non-hydrogen) atoms. The molecule has 5 rings (SSSR count). The Hall–Kier alpha value is 4.85. The van der Waals surface area contributed by atoms with Gasteiger partial charge in [-0.05, 0) is 0 Å². The Morgan fingerprint density at radius 3 is 1.30 bits per heavy atom. The Morgan fingerprint density at radius 2 is 0.849 bits per heavy atom. The van der Waals surface area contributed by atoms with Crippen LogP contribution >= 0.6 is 12.3 Å². The average molecular weight is 1420 g/mol. The van der Waals surface area contributed by atoms with Crippen LogP contribution in [0.1, 0.15) is 0 Å². The van der Waals surface area contributed by atoms with Crippen LogP contribution < -0.4 is 240 Å². The van der Waals surface area contributed by atoms with E-state index in [2.05, 4.69) is 26.1 Å². The van der Waals surface area contributed by atoms with Crippen molar-refractivity contribution in [1.82, 2.24) is 0 Å². The third kappa shape index (κ3) is 27.2. The summed E-state index contributed by atoms with van der Waals surface area (Å²) in [4.78, 5) is 25.2. The summed E-state index contributed by atoms with van der Waals surface area (Å²) in [5.41, 5.74) is 18.0. The minimum atomic E-state index is -6.12. The Balaban J connectivity index is -0.00000984. The second kappa shape index (κ2) is 41.4. The van der Waals surface area contributed by atoms with Crippen molar-refractivity contribution in [3.05, 3.63) is 0 Å². The molecule has 0 amide bonds. The van der Waals surface area contributed by atoms with Gasteiger partial charge in [0.15, 0.2) is 49.9 Å². The van der Waals surface area contributed by atoms with E-state index < -0.39 is 239 Å². The van der Waals surface area contributed by atoms with Gasteiger partial charge in [0.2, 0.25) is 41.6 Å². The quantitative estimate of drug-likeness (QED) is 0.00738. The fourth-order valence-corrected chi connectivity index (χ4v) is 9.85. The van der Waals surface area contributed by atoms with E-state index in [1.54, 1.807) is 0 Å². The van der Waals surface area contributed by atoms with Crippen LogP contribution in [-0.2, 0) is 129 Å². The maximum absolute atomic E-state index is 12.7. The zero-order valence-electron chi connectivity index (χ0n) is 45.9. The molecule has 10 unspecified atom stereocenters. The summed E-state index contributed by atoms with van der Waals surface area (Å²) < 4.78 is 218. The van der Waals surface area contributed by atoms with Gasteiger partial charge in [0.05, 0.1) is 49.9 Å². The molecule has 12 N–H and O–H groups in total. The van der Waals surface area contributed by atoms with E-state index in [1.807, 2.05) is 0 Å². The van der Waals surface area contributed by atoms with Gasteiger partial charge in [0.25, 0.3) is 0 Å². The average Bonchev–Trinajstić information content (AvgIpc) is 2.97. The molecule has 5 aliphatic rings. The van der Waals surface area contributed by atoms with Crippen molar-refractivity contribution in [1.29, 1.82) is 0 Å². The van der Waals surface area contributed by atoms with Crippen molar-refractivity contribution in [3.63, 3.8) is 0 Å². The minimum Gasteiger partial charge on any atom is -0.726 e. The molecule has 0 aromatic carbocycles. The van der Waals surface area contributed by atoms with Gasteiger partial charge in [-0.2, -0.15) is 0 Å². The van der Waals surface area contributed by atoms with Gasteiger partial charge >= 0.3 is 207 Å². The minimum absolute atomic E-state index is 0. The van der Waals surface area contributed by atoms with Gasteiger partial charge in [0.1, 0.15) is 97.7 Å². The number of carboxylic acids is 2. The number of aliphatic carboxylic acids is 2. The fraction of sp³-hybridized carbons (Fsp3) is 0.935. The molecule has 462 valence electrons. The van der Waals surface area contributed by atoms with E-state index in [0.29, 0.717) is 0 Å². The predicted octanol–water partition coefficient (Wildman–Crippen LogP) is -37.1. The van der Waals surface area contributed by atoms with Crippen LogP contribution in [0.3, 0.4) is 0 Å². The van der Waals surface area contributed by atoms with Gasteiger partial charge in [-0.25, -0.2) is 33.7 Å². The van der Waals surface area contributed by atoms with E-state index in [9.17, 15) is 108 Å². The van der Waals surface area contributed by atoms with Crippen molar-refractivity contribution in [2.75, 3.05) is 26.9 Å². The second-order valence-electron chi connectivity index (χ2n) is 16.7. The zero-order chi connectivity index (χ0) is 59.4. The van der Waals surface area contributed by atoms with Crippen LogP contribution in [0.5, 0.6) is 0 Å².